The number of hydrogen-bond acceptors (Lipinski definition) is 7. The third kappa shape index (κ3) is 6.05. The van der Waals surface area contributed by atoms with Crippen molar-refractivity contribution in [3.8, 4) is 5.75 Å². The van der Waals surface area contributed by atoms with E-state index in [1.165, 1.54) is 23.9 Å². The highest BCUT2D eigenvalue weighted by Gasteiger charge is 2.13. The van der Waals surface area contributed by atoms with Gasteiger partial charge in [0, 0.05) is 24.4 Å². The minimum Gasteiger partial charge on any atom is -0.497 e. The number of non-ortho nitro benzene ring substituents is 1. The maximum atomic E-state index is 12.3. The van der Waals surface area contributed by atoms with E-state index in [0.29, 0.717) is 18.1 Å². The Bertz CT molecular complexity index is 1030. The average Bonchev–Trinajstić information content (AvgIpc) is 3.18. The first-order chi connectivity index (χ1) is 15.0. The van der Waals surface area contributed by atoms with Gasteiger partial charge in [-0.1, -0.05) is 36.0 Å². The monoisotopic (exact) mass is 441 g/mol. The molecule has 10 heteroatoms. The molecule has 0 radical (unpaired) electrons. The van der Waals surface area contributed by atoms with Crippen LogP contribution in [0.5, 0.6) is 5.75 Å². The number of nitrogens with one attached hydrogen (secondary N) is 1. The average molecular weight is 442 g/mol. The van der Waals surface area contributed by atoms with Gasteiger partial charge in [0.25, 0.3) is 5.69 Å². The van der Waals surface area contributed by atoms with E-state index in [2.05, 4.69) is 15.5 Å². The number of nitro groups is 1. The number of nitro benzene ring substituents is 1. The quantitative estimate of drug-likeness (QED) is 0.292. The van der Waals surface area contributed by atoms with Crippen LogP contribution in [-0.4, -0.2) is 32.7 Å². The first-order valence-corrected chi connectivity index (χ1v) is 10.7. The number of thioether (sulfide) groups is 1. The number of amides is 1. The van der Waals surface area contributed by atoms with E-state index in [-0.39, 0.29) is 24.6 Å². The Labute approximate surface area is 184 Å². The van der Waals surface area contributed by atoms with Crippen molar-refractivity contribution < 1.29 is 14.5 Å². The van der Waals surface area contributed by atoms with E-state index in [0.717, 1.165) is 22.0 Å². The van der Waals surface area contributed by atoms with E-state index in [9.17, 15) is 14.9 Å². The smallest absolute Gasteiger partial charge is 0.269 e. The molecule has 0 saturated carbocycles. The normalized spacial score (nSPS) is 10.6. The van der Waals surface area contributed by atoms with Gasteiger partial charge in [0.2, 0.25) is 5.91 Å². The number of aromatic nitrogens is 3. The summed E-state index contributed by atoms with van der Waals surface area (Å²) in [6.45, 7) is 2.94. The summed E-state index contributed by atoms with van der Waals surface area (Å²) >= 11 is 1.50. The molecule has 2 aromatic carbocycles. The van der Waals surface area contributed by atoms with Crippen molar-refractivity contribution in [3.63, 3.8) is 0 Å². The van der Waals surface area contributed by atoms with Crippen molar-refractivity contribution in [1.29, 1.82) is 0 Å². The minimum absolute atomic E-state index is 0.0677. The fourth-order valence-corrected chi connectivity index (χ4v) is 3.88. The first-order valence-electron chi connectivity index (χ1n) is 9.68. The Morgan fingerprint density at radius 1 is 1.13 bits per heavy atom. The molecule has 1 N–H and O–H groups in total. The summed E-state index contributed by atoms with van der Waals surface area (Å²) in [6, 6.07) is 13.8. The van der Waals surface area contributed by atoms with Gasteiger partial charge in [-0.05, 0) is 30.2 Å². The van der Waals surface area contributed by atoms with Gasteiger partial charge in [-0.15, -0.1) is 10.2 Å². The molecule has 0 spiro atoms. The second-order valence-corrected chi connectivity index (χ2v) is 7.60. The molecule has 1 heterocycles. The summed E-state index contributed by atoms with van der Waals surface area (Å²) in [6.07, 6.45) is 0.270. The lowest BCUT2D eigenvalue weighted by Crippen LogP contribution is -2.26. The molecule has 0 bridgehead atoms. The highest BCUT2D eigenvalue weighted by Crippen LogP contribution is 2.23. The van der Waals surface area contributed by atoms with Crippen LogP contribution >= 0.6 is 11.8 Å². The maximum absolute atomic E-state index is 12.3. The zero-order valence-electron chi connectivity index (χ0n) is 17.3. The third-order valence-corrected chi connectivity index (χ3v) is 5.63. The lowest BCUT2D eigenvalue weighted by Gasteiger charge is -2.09. The SMILES string of the molecule is CCn1c(CNC(=O)Cc2ccc(OC)cc2)nnc1SCc1ccc([N+](=O)[O-])cc1. The number of ether oxygens (including phenoxy) is 1. The molecule has 0 aliphatic heterocycles. The number of hydrogen-bond donors (Lipinski definition) is 1. The number of nitrogens with zero attached hydrogens (tertiary/aromatic N) is 4. The summed E-state index contributed by atoms with van der Waals surface area (Å²) in [5.41, 5.74) is 1.92. The van der Waals surface area contributed by atoms with Crippen LogP contribution in [0, 0.1) is 10.1 Å². The lowest BCUT2D eigenvalue weighted by molar-refractivity contribution is -0.384. The summed E-state index contributed by atoms with van der Waals surface area (Å²) < 4.78 is 7.07. The second kappa shape index (κ2) is 10.6. The van der Waals surface area contributed by atoms with Crippen LogP contribution in [0.1, 0.15) is 23.9 Å². The standard InChI is InChI=1S/C21H23N5O4S/c1-3-25-19(13-22-20(27)12-15-6-10-18(30-2)11-7-15)23-24-21(25)31-14-16-4-8-17(9-5-16)26(28)29/h4-11H,3,12-14H2,1-2H3,(H,22,27). The number of methoxy groups -OCH3 is 1. The summed E-state index contributed by atoms with van der Waals surface area (Å²) in [7, 11) is 1.60. The fourth-order valence-electron chi connectivity index (χ4n) is 2.90. The van der Waals surface area contributed by atoms with E-state index in [1.807, 2.05) is 35.8 Å². The van der Waals surface area contributed by atoms with E-state index in [1.54, 1.807) is 19.2 Å². The molecule has 1 amide bonds. The van der Waals surface area contributed by atoms with Crippen LogP contribution in [-0.2, 0) is 30.1 Å². The molecule has 0 aliphatic carbocycles. The molecule has 1 aromatic heterocycles. The molecule has 31 heavy (non-hydrogen) atoms. The van der Waals surface area contributed by atoms with Gasteiger partial charge in [0.05, 0.1) is 25.0 Å². The predicted molar refractivity (Wildman–Crippen MR) is 117 cm³/mol. The van der Waals surface area contributed by atoms with Gasteiger partial charge in [0.1, 0.15) is 5.75 Å². The highest BCUT2D eigenvalue weighted by molar-refractivity contribution is 7.98. The summed E-state index contributed by atoms with van der Waals surface area (Å²) in [5, 5.41) is 22.8. The van der Waals surface area contributed by atoms with Crippen LogP contribution in [0.15, 0.2) is 53.7 Å². The molecule has 3 rings (SSSR count). The predicted octanol–water partition coefficient (Wildman–Crippen LogP) is 3.37. The van der Waals surface area contributed by atoms with Crippen molar-refractivity contribution >= 4 is 23.4 Å². The topological polar surface area (TPSA) is 112 Å². The van der Waals surface area contributed by atoms with Gasteiger partial charge < -0.3 is 14.6 Å². The first kappa shape index (κ1) is 22.3. The number of carbonyl (C=O) groups excluding carboxylic acids is 1. The van der Waals surface area contributed by atoms with Crippen LogP contribution in [0.2, 0.25) is 0 Å². The molecule has 3 aromatic rings. The Kier molecular flexibility index (Phi) is 7.60. The highest BCUT2D eigenvalue weighted by atomic mass is 32.2. The van der Waals surface area contributed by atoms with Gasteiger partial charge in [-0.3, -0.25) is 14.9 Å². The number of carbonyl (C=O) groups is 1. The molecular formula is C21H23N5O4S. The molecule has 0 fully saturated rings. The van der Waals surface area contributed by atoms with Crippen LogP contribution in [0.25, 0.3) is 0 Å². The zero-order chi connectivity index (χ0) is 22.2. The van der Waals surface area contributed by atoms with Gasteiger partial charge >= 0.3 is 0 Å². The number of benzene rings is 2. The van der Waals surface area contributed by atoms with Crippen molar-refractivity contribution in [1.82, 2.24) is 20.1 Å². The molecular weight excluding hydrogens is 418 g/mol. The zero-order valence-corrected chi connectivity index (χ0v) is 18.1. The van der Waals surface area contributed by atoms with Gasteiger partial charge in [-0.25, -0.2) is 0 Å². The van der Waals surface area contributed by atoms with Crippen molar-refractivity contribution in [2.24, 2.45) is 0 Å². The largest absolute Gasteiger partial charge is 0.497 e. The Morgan fingerprint density at radius 2 is 1.81 bits per heavy atom. The molecule has 0 unspecified atom stereocenters. The summed E-state index contributed by atoms with van der Waals surface area (Å²) in [4.78, 5) is 22.6. The van der Waals surface area contributed by atoms with E-state index < -0.39 is 4.92 Å². The van der Waals surface area contributed by atoms with Crippen LogP contribution < -0.4 is 10.1 Å². The Hall–Kier alpha value is -3.40. The minimum atomic E-state index is -0.417. The molecule has 0 aliphatic rings. The molecule has 0 saturated heterocycles. The Morgan fingerprint density at radius 3 is 2.42 bits per heavy atom. The molecule has 9 nitrogen and oxygen atoms in total. The summed E-state index contributed by atoms with van der Waals surface area (Å²) in [5.74, 6) is 1.94. The van der Waals surface area contributed by atoms with E-state index >= 15 is 0 Å². The fraction of sp³-hybridized carbons (Fsp3) is 0.286. The second-order valence-electron chi connectivity index (χ2n) is 6.66. The maximum Gasteiger partial charge on any atom is 0.269 e. The van der Waals surface area contributed by atoms with Crippen molar-refractivity contribution in [2.45, 2.75) is 37.3 Å². The van der Waals surface area contributed by atoms with Crippen molar-refractivity contribution in [2.75, 3.05) is 7.11 Å². The Balaban J connectivity index is 1.55. The van der Waals surface area contributed by atoms with Crippen LogP contribution in [0.4, 0.5) is 5.69 Å². The number of rotatable bonds is 10. The third-order valence-electron chi connectivity index (χ3n) is 4.59. The molecule has 0 atom stereocenters. The van der Waals surface area contributed by atoms with E-state index in [4.69, 9.17) is 4.74 Å². The van der Waals surface area contributed by atoms with Gasteiger partial charge in [0.15, 0.2) is 11.0 Å². The lowest BCUT2D eigenvalue weighted by atomic mass is 10.1. The molecule has 162 valence electrons. The van der Waals surface area contributed by atoms with Crippen LogP contribution in [0.3, 0.4) is 0 Å². The van der Waals surface area contributed by atoms with Gasteiger partial charge in [-0.2, -0.15) is 0 Å². The van der Waals surface area contributed by atoms with Crippen molar-refractivity contribution in [3.05, 3.63) is 75.6 Å².